The van der Waals surface area contributed by atoms with Crippen LogP contribution >= 0.6 is 15.6 Å². The van der Waals surface area contributed by atoms with Crippen molar-refractivity contribution in [2.75, 3.05) is 0 Å². The smallest absolute Gasteiger partial charge is 0.822 e. The minimum Gasteiger partial charge on any atom is -0.822 e. The summed E-state index contributed by atoms with van der Waals surface area (Å²) in [5, 5.41) is 0. The molecular formula is Ca8O8P2+10. The molecule has 0 aliphatic rings. The third-order valence-corrected chi connectivity index (χ3v) is 0. The van der Waals surface area contributed by atoms with E-state index in [4.69, 9.17) is 38.5 Å². The van der Waals surface area contributed by atoms with Crippen LogP contribution in [0.1, 0.15) is 0 Å². The Hall–Kier alpha value is 10.3. The Balaban J connectivity index is -0.00000000615. The summed E-state index contributed by atoms with van der Waals surface area (Å²) in [6.45, 7) is 0. The van der Waals surface area contributed by atoms with E-state index in [2.05, 4.69) is 0 Å². The fourth-order valence-electron chi connectivity index (χ4n) is 0. The molecule has 0 aromatic heterocycles. The normalized spacial score (nSPS) is 6.56. The first-order valence-corrected chi connectivity index (χ1v) is 4.38. The van der Waals surface area contributed by atoms with Gasteiger partial charge in [0.05, 0.1) is 0 Å². The van der Waals surface area contributed by atoms with Gasteiger partial charge in [-0.3, -0.25) is 0 Å². The third kappa shape index (κ3) is 159. The quantitative estimate of drug-likeness (QED) is 0.228. The van der Waals surface area contributed by atoms with Gasteiger partial charge in [0.15, 0.2) is 0 Å². The number of phosphoric acid groups is 2. The van der Waals surface area contributed by atoms with E-state index in [0.29, 0.717) is 0 Å². The Labute approximate surface area is 344 Å². The molecule has 0 spiro atoms. The molecule has 0 saturated carbocycles. The fraction of sp³-hybridized carbons (Fsp3) is 0. The minimum atomic E-state index is -5.39. The van der Waals surface area contributed by atoms with Gasteiger partial charge in [-0.25, -0.2) is 0 Å². The van der Waals surface area contributed by atoms with Crippen LogP contribution in [0.4, 0.5) is 0 Å². The molecule has 0 amide bonds. The van der Waals surface area contributed by atoms with E-state index < -0.39 is 15.6 Å². The van der Waals surface area contributed by atoms with Gasteiger partial charge in [0, 0.05) is 0 Å². The molecule has 0 aliphatic heterocycles. The molecule has 0 fully saturated rings. The van der Waals surface area contributed by atoms with Crippen molar-refractivity contribution in [1.29, 1.82) is 0 Å². The summed E-state index contributed by atoms with van der Waals surface area (Å²) in [5.74, 6) is 0. The Morgan fingerprint density at radius 1 is 0.389 bits per heavy atom. The average molecular weight is 511 g/mol. The summed E-state index contributed by atoms with van der Waals surface area (Å²) in [6.07, 6.45) is 0. The summed E-state index contributed by atoms with van der Waals surface area (Å²) in [7, 11) is -10.8. The second-order valence-electron chi connectivity index (χ2n) is 0.894. The maximum atomic E-state index is 8.55. The molecule has 0 bridgehead atoms. The van der Waals surface area contributed by atoms with E-state index in [1.54, 1.807) is 0 Å². The number of hydrogen-bond acceptors (Lipinski definition) is 8. The van der Waals surface area contributed by atoms with Crippen molar-refractivity contribution in [3.05, 3.63) is 0 Å². The molecule has 0 heterocycles. The molecule has 0 radical (unpaired) electrons. The van der Waals surface area contributed by atoms with Gasteiger partial charge in [0.1, 0.15) is 0 Å². The maximum Gasteiger partial charge on any atom is 2.00 e. The van der Waals surface area contributed by atoms with E-state index >= 15 is 0 Å². The van der Waals surface area contributed by atoms with Gasteiger partial charge in [-0.1, -0.05) is 0 Å². The molecular weight excluding hydrogens is 511 g/mol. The fourth-order valence-corrected chi connectivity index (χ4v) is 0. The van der Waals surface area contributed by atoms with Crippen molar-refractivity contribution in [3.63, 3.8) is 0 Å². The number of hydrogen-bond donors (Lipinski definition) is 0. The second-order valence-corrected chi connectivity index (χ2v) is 2.68. The van der Waals surface area contributed by atoms with Crippen LogP contribution in [0, 0.1) is 0 Å². The molecule has 18 heavy (non-hydrogen) atoms. The Morgan fingerprint density at radius 3 is 0.389 bits per heavy atom. The average Bonchev–Trinajstić information content (AvgIpc) is 1.12. The van der Waals surface area contributed by atoms with Crippen molar-refractivity contribution in [1.82, 2.24) is 0 Å². The van der Waals surface area contributed by atoms with Crippen LogP contribution in [0.2, 0.25) is 0 Å². The largest absolute Gasteiger partial charge is 2.00 e. The zero-order valence-corrected chi connectivity index (χ0v) is 29.3. The second kappa shape index (κ2) is 38.0. The van der Waals surface area contributed by atoms with Gasteiger partial charge in [-0.2, -0.15) is 15.6 Å². The molecule has 8 nitrogen and oxygen atoms in total. The van der Waals surface area contributed by atoms with Crippen molar-refractivity contribution < 1.29 is 38.5 Å². The van der Waals surface area contributed by atoms with Gasteiger partial charge < -0.3 is 38.5 Å². The predicted octanol–water partition coefficient (Wildman–Crippen LogP) is -8.70. The van der Waals surface area contributed by atoms with E-state index in [9.17, 15) is 0 Å². The summed E-state index contributed by atoms with van der Waals surface area (Å²) < 4.78 is 17.1. The Morgan fingerprint density at radius 2 is 0.389 bits per heavy atom. The first-order chi connectivity index (χ1) is 4.00. The first kappa shape index (κ1) is 63.0. The van der Waals surface area contributed by atoms with Gasteiger partial charge in [0.2, 0.25) is 0 Å². The van der Waals surface area contributed by atoms with Crippen molar-refractivity contribution in [2.45, 2.75) is 0 Å². The zero-order chi connectivity index (χ0) is 9.00. The van der Waals surface area contributed by atoms with E-state index in [-0.39, 0.29) is 302 Å². The van der Waals surface area contributed by atoms with Crippen molar-refractivity contribution in [3.8, 4) is 0 Å². The Bertz CT molecular complexity index is 137. The van der Waals surface area contributed by atoms with E-state index in [1.165, 1.54) is 0 Å². The van der Waals surface area contributed by atoms with Crippen molar-refractivity contribution in [2.24, 2.45) is 0 Å². The van der Waals surface area contributed by atoms with E-state index in [1.807, 2.05) is 0 Å². The van der Waals surface area contributed by atoms with Crippen molar-refractivity contribution >= 4 is 318 Å². The minimum absolute atomic E-state index is 0. The third-order valence-electron chi connectivity index (χ3n) is 0. The number of rotatable bonds is 0. The standard InChI is InChI=1S/8Ca.2H3O4P/c;;;;;;;;2*1-5(2,3)4/h;;;;;;;;2*(H3,1,2,3,4)/q8*+2;;/p-6. The van der Waals surface area contributed by atoms with Crippen LogP contribution < -0.4 is 29.4 Å². The van der Waals surface area contributed by atoms with Crippen LogP contribution in [-0.4, -0.2) is 302 Å². The van der Waals surface area contributed by atoms with Crippen LogP contribution in [0.5, 0.6) is 0 Å². The van der Waals surface area contributed by atoms with Crippen LogP contribution in [0.25, 0.3) is 0 Å². The van der Waals surface area contributed by atoms with Crippen LogP contribution in [-0.2, 0) is 9.13 Å². The van der Waals surface area contributed by atoms with Gasteiger partial charge in [-0.15, -0.1) is 0 Å². The van der Waals surface area contributed by atoms with Gasteiger partial charge in [0.25, 0.3) is 0 Å². The molecule has 0 rings (SSSR count). The summed E-state index contributed by atoms with van der Waals surface area (Å²) in [6, 6.07) is 0. The first-order valence-electron chi connectivity index (χ1n) is 1.46. The predicted molar refractivity (Wildman–Crippen MR) is 61.2 cm³/mol. The molecule has 18 heteroatoms. The topological polar surface area (TPSA) is 172 Å². The Kier molecular flexibility index (Phi) is 133. The molecule has 0 saturated heterocycles. The SMILES string of the molecule is O=P([O-])([O-])[O-].O=P([O-])([O-])[O-].[Ca+2].[Ca+2].[Ca+2].[Ca+2].[Ca+2].[Ca+2].[Ca+2].[Ca+2]. The zero-order valence-electron chi connectivity index (χ0n) is 9.82. The summed E-state index contributed by atoms with van der Waals surface area (Å²) in [5.41, 5.74) is 0. The monoisotopic (exact) mass is 510 g/mol. The van der Waals surface area contributed by atoms with E-state index in [0.717, 1.165) is 0 Å². The maximum absolute atomic E-state index is 8.55. The molecule has 0 aliphatic carbocycles. The molecule has 0 unspecified atom stereocenters. The van der Waals surface area contributed by atoms with Gasteiger partial charge in [-0.05, 0) is 0 Å². The molecule has 0 aromatic rings. The summed E-state index contributed by atoms with van der Waals surface area (Å²) in [4.78, 5) is 51.3. The van der Waals surface area contributed by atoms with Gasteiger partial charge >= 0.3 is 302 Å². The molecule has 0 aromatic carbocycles. The van der Waals surface area contributed by atoms with Crippen LogP contribution in [0.3, 0.4) is 0 Å². The summed E-state index contributed by atoms with van der Waals surface area (Å²) >= 11 is 0. The molecule has 64 valence electrons. The van der Waals surface area contributed by atoms with Crippen LogP contribution in [0.15, 0.2) is 0 Å². The molecule has 0 N–H and O–H groups in total. The molecule has 0 atom stereocenters.